The average Bonchev–Trinajstić information content (AvgIpc) is 3.25. The topological polar surface area (TPSA) is 65.1 Å². The molecular weight excluding hydrogens is 316 g/mol. The fraction of sp³-hybridized carbons (Fsp3) is 0.158. The number of oxazole rings is 1. The number of nitrogens with zero attached hydrogens (tertiary/aromatic N) is 3. The highest BCUT2D eigenvalue weighted by molar-refractivity contribution is 5.74. The van der Waals surface area contributed by atoms with Crippen LogP contribution in [0.3, 0.4) is 0 Å². The Hall–Kier alpha value is -3.28. The van der Waals surface area contributed by atoms with Gasteiger partial charge in [0.05, 0.1) is 7.11 Å². The lowest BCUT2D eigenvalue weighted by Crippen LogP contribution is -2.17. The van der Waals surface area contributed by atoms with Crippen molar-refractivity contribution in [3.8, 4) is 5.75 Å². The molecule has 126 valence electrons. The van der Waals surface area contributed by atoms with Crippen LogP contribution in [0.15, 0.2) is 65.3 Å². The molecule has 6 nitrogen and oxygen atoms in total. The van der Waals surface area contributed by atoms with Gasteiger partial charge in [-0.1, -0.05) is 24.3 Å². The number of hydrogen-bond acceptors (Lipinski definition) is 5. The summed E-state index contributed by atoms with van der Waals surface area (Å²) in [6.07, 6.45) is 3.69. The molecule has 0 aliphatic heterocycles. The van der Waals surface area contributed by atoms with Crippen LogP contribution in [-0.4, -0.2) is 21.6 Å². The zero-order chi connectivity index (χ0) is 17.2. The zero-order valence-electron chi connectivity index (χ0n) is 14.0. The van der Waals surface area contributed by atoms with Crippen LogP contribution >= 0.6 is 0 Å². The molecule has 0 amide bonds. The minimum absolute atomic E-state index is 0.219. The Morgan fingerprint density at radius 2 is 2.04 bits per heavy atom. The van der Waals surface area contributed by atoms with E-state index >= 15 is 0 Å². The van der Waals surface area contributed by atoms with E-state index in [0.717, 1.165) is 28.2 Å². The Kier molecular flexibility index (Phi) is 3.85. The summed E-state index contributed by atoms with van der Waals surface area (Å²) in [7, 11) is 3.62. The number of fused-ring (bicyclic) bond motifs is 1. The molecule has 25 heavy (non-hydrogen) atoms. The van der Waals surface area contributed by atoms with Crippen LogP contribution in [0.4, 0.5) is 6.01 Å². The number of anilines is 1. The Balaban J connectivity index is 1.76. The summed E-state index contributed by atoms with van der Waals surface area (Å²) in [5.74, 6) is 1.64. The normalized spacial score (nSPS) is 12.2. The maximum Gasteiger partial charge on any atom is 0.296 e. The van der Waals surface area contributed by atoms with Crippen LogP contribution in [0.1, 0.15) is 17.4 Å². The first kappa shape index (κ1) is 15.3. The number of rotatable bonds is 5. The molecule has 2 aromatic carbocycles. The smallest absolute Gasteiger partial charge is 0.296 e. The molecule has 2 aromatic heterocycles. The van der Waals surface area contributed by atoms with E-state index in [1.54, 1.807) is 13.3 Å². The van der Waals surface area contributed by atoms with Gasteiger partial charge in [0.15, 0.2) is 5.58 Å². The second-order valence-corrected chi connectivity index (χ2v) is 5.74. The molecule has 0 bridgehead atoms. The predicted octanol–water partition coefficient (Wildman–Crippen LogP) is 3.77. The lowest BCUT2D eigenvalue weighted by molar-refractivity contribution is 0.414. The number of imidazole rings is 1. The van der Waals surface area contributed by atoms with Crippen LogP contribution in [0.2, 0.25) is 0 Å². The standard InChI is InChI=1S/C19H18N4O2/c1-23-11-10-20-18(23)17(13-6-5-7-14(12-13)24-2)22-19-21-15-8-3-4-9-16(15)25-19/h3-12,17H,1-2H3,(H,21,22)/t17-/m1/s1. The number of methoxy groups -OCH3 is 1. The minimum atomic E-state index is -0.219. The molecule has 0 saturated heterocycles. The largest absolute Gasteiger partial charge is 0.497 e. The Bertz CT molecular complexity index is 972. The number of aryl methyl sites for hydroxylation is 1. The van der Waals surface area contributed by atoms with Gasteiger partial charge in [0.2, 0.25) is 0 Å². The molecule has 0 unspecified atom stereocenters. The van der Waals surface area contributed by atoms with E-state index in [9.17, 15) is 0 Å². The molecule has 6 heteroatoms. The highest BCUT2D eigenvalue weighted by Crippen LogP contribution is 2.29. The number of para-hydroxylation sites is 2. The van der Waals surface area contributed by atoms with Gasteiger partial charge in [0.1, 0.15) is 23.1 Å². The van der Waals surface area contributed by atoms with Crippen LogP contribution < -0.4 is 10.1 Å². The summed E-state index contributed by atoms with van der Waals surface area (Å²) in [4.78, 5) is 9.00. The molecule has 0 spiro atoms. The quantitative estimate of drug-likeness (QED) is 0.602. The summed E-state index contributed by atoms with van der Waals surface area (Å²) in [6, 6.07) is 15.8. The van der Waals surface area contributed by atoms with Gasteiger partial charge in [-0.25, -0.2) is 4.98 Å². The first-order valence-electron chi connectivity index (χ1n) is 7.98. The molecule has 4 rings (SSSR count). The third-order valence-electron chi connectivity index (χ3n) is 4.11. The third-order valence-corrected chi connectivity index (χ3v) is 4.11. The SMILES string of the molecule is COc1cccc([C@@H](Nc2nc3ccccc3o2)c2nccn2C)c1. The lowest BCUT2D eigenvalue weighted by Gasteiger charge is -2.18. The molecule has 2 heterocycles. The Labute approximate surface area is 145 Å². The molecular formula is C19H18N4O2. The third kappa shape index (κ3) is 2.94. The summed E-state index contributed by atoms with van der Waals surface area (Å²) in [5, 5.41) is 3.36. The number of benzene rings is 2. The van der Waals surface area contributed by atoms with E-state index in [2.05, 4.69) is 15.3 Å². The van der Waals surface area contributed by atoms with E-state index in [1.807, 2.05) is 66.3 Å². The molecule has 1 atom stereocenters. The van der Waals surface area contributed by atoms with Gasteiger partial charge >= 0.3 is 0 Å². The van der Waals surface area contributed by atoms with E-state index in [0.29, 0.717) is 6.01 Å². The highest BCUT2D eigenvalue weighted by Gasteiger charge is 2.21. The number of nitrogens with one attached hydrogen (secondary N) is 1. The maximum atomic E-state index is 5.82. The summed E-state index contributed by atoms with van der Waals surface area (Å²) < 4.78 is 13.2. The van der Waals surface area contributed by atoms with Crippen molar-refractivity contribution in [3.63, 3.8) is 0 Å². The average molecular weight is 334 g/mol. The summed E-state index contributed by atoms with van der Waals surface area (Å²) >= 11 is 0. The van der Waals surface area contributed by atoms with Crippen molar-refractivity contribution in [3.05, 3.63) is 72.3 Å². The first-order valence-corrected chi connectivity index (χ1v) is 7.98. The van der Waals surface area contributed by atoms with Crippen LogP contribution in [0, 0.1) is 0 Å². The zero-order valence-corrected chi connectivity index (χ0v) is 14.0. The van der Waals surface area contributed by atoms with Crippen LogP contribution in [-0.2, 0) is 7.05 Å². The second kappa shape index (κ2) is 6.32. The number of aromatic nitrogens is 3. The van der Waals surface area contributed by atoms with Crippen molar-refractivity contribution in [2.24, 2.45) is 7.05 Å². The van der Waals surface area contributed by atoms with Gasteiger partial charge in [-0.05, 0) is 29.8 Å². The Morgan fingerprint density at radius 3 is 2.80 bits per heavy atom. The van der Waals surface area contributed by atoms with Gasteiger partial charge < -0.3 is 19.0 Å². The van der Waals surface area contributed by atoms with Gasteiger partial charge in [-0.3, -0.25) is 0 Å². The first-order chi connectivity index (χ1) is 12.2. The molecule has 1 N–H and O–H groups in total. The Morgan fingerprint density at radius 1 is 1.16 bits per heavy atom. The van der Waals surface area contributed by atoms with Crippen molar-refractivity contribution in [1.82, 2.24) is 14.5 Å². The molecule has 0 fully saturated rings. The highest BCUT2D eigenvalue weighted by atomic mass is 16.5. The van der Waals surface area contributed by atoms with Crippen molar-refractivity contribution in [2.45, 2.75) is 6.04 Å². The van der Waals surface area contributed by atoms with Crippen molar-refractivity contribution in [1.29, 1.82) is 0 Å². The predicted molar refractivity (Wildman–Crippen MR) is 95.7 cm³/mol. The van der Waals surface area contributed by atoms with E-state index in [4.69, 9.17) is 9.15 Å². The van der Waals surface area contributed by atoms with Crippen molar-refractivity contribution < 1.29 is 9.15 Å². The monoisotopic (exact) mass is 334 g/mol. The summed E-state index contributed by atoms with van der Waals surface area (Å²) in [6.45, 7) is 0. The second-order valence-electron chi connectivity index (χ2n) is 5.74. The van der Waals surface area contributed by atoms with Crippen molar-refractivity contribution >= 4 is 17.1 Å². The number of hydrogen-bond donors (Lipinski definition) is 1. The summed E-state index contributed by atoms with van der Waals surface area (Å²) in [5.41, 5.74) is 2.57. The fourth-order valence-corrected chi connectivity index (χ4v) is 2.83. The van der Waals surface area contributed by atoms with Crippen molar-refractivity contribution in [2.75, 3.05) is 12.4 Å². The number of ether oxygens (including phenoxy) is 1. The van der Waals surface area contributed by atoms with E-state index in [-0.39, 0.29) is 6.04 Å². The molecule has 0 aliphatic carbocycles. The fourth-order valence-electron chi connectivity index (χ4n) is 2.83. The van der Waals surface area contributed by atoms with Gasteiger partial charge in [-0.2, -0.15) is 4.98 Å². The van der Waals surface area contributed by atoms with Crippen LogP contribution in [0.5, 0.6) is 5.75 Å². The lowest BCUT2D eigenvalue weighted by atomic mass is 10.1. The van der Waals surface area contributed by atoms with E-state index in [1.165, 1.54) is 0 Å². The molecule has 4 aromatic rings. The molecule has 0 radical (unpaired) electrons. The van der Waals surface area contributed by atoms with Gasteiger partial charge in [-0.15, -0.1) is 0 Å². The van der Waals surface area contributed by atoms with E-state index < -0.39 is 0 Å². The van der Waals surface area contributed by atoms with Crippen LogP contribution in [0.25, 0.3) is 11.1 Å². The minimum Gasteiger partial charge on any atom is -0.497 e. The van der Waals surface area contributed by atoms with Gasteiger partial charge in [0, 0.05) is 19.4 Å². The molecule has 0 aliphatic rings. The van der Waals surface area contributed by atoms with Gasteiger partial charge in [0.25, 0.3) is 6.01 Å². The molecule has 0 saturated carbocycles. The maximum absolute atomic E-state index is 5.82.